The first-order valence-electron chi connectivity index (χ1n) is 4.65. The number of carbonyl (C=O) groups excluding carboxylic acids is 1. The predicted octanol–water partition coefficient (Wildman–Crippen LogP) is 2.66. The van der Waals surface area contributed by atoms with Crippen molar-refractivity contribution in [2.24, 2.45) is 0 Å². The molecule has 0 amide bonds. The first-order valence-corrected chi connectivity index (χ1v) is 4.65. The number of Topliss-reactive ketones (excluding diaryl/α,β-unsaturated/α-hetero) is 1. The molecule has 0 bridgehead atoms. The minimum absolute atomic E-state index is 0.233. The summed E-state index contributed by atoms with van der Waals surface area (Å²) >= 11 is 0. The topological polar surface area (TPSA) is 26.3 Å². The molecule has 0 aromatic carbocycles. The number of hydrogen-bond acceptors (Lipinski definition) is 2. The van der Waals surface area contributed by atoms with Gasteiger partial charge in [0.15, 0.2) is 5.78 Å². The lowest BCUT2D eigenvalue weighted by Crippen LogP contribution is -2.33. The molecule has 0 heterocycles. The lowest BCUT2D eigenvalue weighted by atomic mass is 10.2. The van der Waals surface area contributed by atoms with Crippen molar-refractivity contribution in [1.82, 2.24) is 0 Å². The van der Waals surface area contributed by atoms with Gasteiger partial charge >= 0.3 is 12.3 Å². The second-order valence-corrected chi connectivity index (χ2v) is 3.20. The molecule has 0 radical (unpaired) electrons. The molecule has 90 valence electrons. The Kier molecular flexibility index (Phi) is 6.47. The standard InChI is InChI=1S/C9H14F4O2/c1-2-3-4-7(14)5-15-6-9(12,13)8(10)11/h8H,2-6H2,1H3. The van der Waals surface area contributed by atoms with Gasteiger partial charge in [-0.15, -0.1) is 0 Å². The summed E-state index contributed by atoms with van der Waals surface area (Å²) in [7, 11) is 0. The Bertz CT molecular complexity index is 195. The first-order chi connectivity index (χ1) is 6.90. The second kappa shape index (κ2) is 6.76. The van der Waals surface area contributed by atoms with Crippen molar-refractivity contribution in [1.29, 1.82) is 0 Å². The normalized spacial score (nSPS) is 12.1. The summed E-state index contributed by atoms with van der Waals surface area (Å²) in [5.41, 5.74) is 0. The SMILES string of the molecule is CCCCC(=O)COCC(F)(F)C(F)F. The van der Waals surface area contributed by atoms with Crippen molar-refractivity contribution in [3.05, 3.63) is 0 Å². The summed E-state index contributed by atoms with van der Waals surface area (Å²) in [6.07, 6.45) is -2.08. The summed E-state index contributed by atoms with van der Waals surface area (Å²) in [5.74, 6) is -4.52. The minimum Gasteiger partial charge on any atom is -0.367 e. The van der Waals surface area contributed by atoms with Crippen LogP contribution in [0.5, 0.6) is 0 Å². The van der Waals surface area contributed by atoms with Crippen LogP contribution in [0.4, 0.5) is 17.6 Å². The van der Waals surface area contributed by atoms with Crippen LogP contribution < -0.4 is 0 Å². The zero-order valence-corrected chi connectivity index (χ0v) is 8.44. The maximum atomic E-state index is 12.3. The zero-order chi connectivity index (χ0) is 11.9. The third-order valence-electron chi connectivity index (χ3n) is 1.69. The van der Waals surface area contributed by atoms with E-state index in [0.717, 1.165) is 6.42 Å². The number of alkyl halides is 4. The van der Waals surface area contributed by atoms with E-state index >= 15 is 0 Å². The first kappa shape index (κ1) is 14.3. The average Bonchev–Trinajstić information content (AvgIpc) is 2.14. The van der Waals surface area contributed by atoms with Gasteiger partial charge in [-0.25, -0.2) is 8.78 Å². The van der Waals surface area contributed by atoms with Gasteiger partial charge < -0.3 is 4.74 Å². The molecule has 0 unspecified atom stereocenters. The number of unbranched alkanes of at least 4 members (excludes halogenated alkanes) is 1. The van der Waals surface area contributed by atoms with E-state index < -0.39 is 25.6 Å². The summed E-state index contributed by atoms with van der Waals surface area (Å²) < 4.78 is 52.0. The molecular weight excluding hydrogens is 216 g/mol. The Balaban J connectivity index is 3.65. The molecule has 0 aromatic rings. The monoisotopic (exact) mass is 230 g/mol. The van der Waals surface area contributed by atoms with Gasteiger partial charge in [-0.05, 0) is 6.42 Å². The highest BCUT2D eigenvalue weighted by Gasteiger charge is 2.41. The molecule has 0 aliphatic carbocycles. The Hall–Kier alpha value is -0.650. The van der Waals surface area contributed by atoms with Gasteiger partial charge in [-0.1, -0.05) is 13.3 Å². The fourth-order valence-electron chi connectivity index (χ4n) is 0.810. The van der Waals surface area contributed by atoms with Gasteiger partial charge in [0.2, 0.25) is 0 Å². The van der Waals surface area contributed by atoms with Crippen molar-refractivity contribution >= 4 is 5.78 Å². The van der Waals surface area contributed by atoms with Crippen LogP contribution >= 0.6 is 0 Å². The fourth-order valence-corrected chi connectivity index (χ4v) is 0.810. The Morgan fingerprint density at radius 2 is 2.00 bits per heavy atom. The van der Waals surface area contributed by atoms with Gasteiger partial charge in [0.1, 0.15) is 13.2 Å². The molecule has 2 nitrogen and oxygen atoms in total. The van der Waals surface area contributed by atoms with E-state index in [1.807, 2.05) is 6.92 Å². The average molecular weight is 230 g/mol. The lowest BCUT2D eigenvalue weighted by Gasteiger charge is -2.14. The van der Waals surface area contributed by atoms with Crippen LogP contribution in [0.1, 0.15) is 26.2 Å². The van der Waals surface area contributed by atoms with Gasteiger partial charge in [0.25, 0.3) is 0 Å². The van der Waals surface area contributed by atoms with Crippen LogP contribution in [0.3, 0.4) is 0 Å². The van der Waals surface area contributed by atoms with Crippen molar-refractivity contribution in [3.63, 3.8) is 0 Å². The Labute approximate surface area is 85.6 Å². The quantitative estimate of drug-likeness (QED) is 0.599. The fraction of sp³-hybridized carbons (Fsp3) is 0.889. The molecule has 0 aliphatic heterocycles. The molecule has 0 rings (SSSR count). The molecule has 0 fully saturated rings. The van der Waals surface area contributed by atoms with Crippen LogP contribution in [0.15, 0.2) is 0 Å². The van der Waals surface area contributed by atoms with Gasteiger partial charge in [0, 0.05) is 6.42 Å². The minimum atomic E-state index is -4.18. The van der Waals surface area contributed by atoms with E-state index in [2.05, 4.69) is 4.74 Å². The molecule has 0 aliphatic rings. The van der Waals surface area contributed by atoms with Gasteiger partial charge in [0.05, 0.1) is 0 Å². The number of ketones is 1. The van der Waals surface area contributed by atoms with Crippen LogP contribution in [0, 0.1) is 0 Å². The highest BCUT2D eigenvalue weighted by molar-refractivity contribution is 5.79. The summed E-state index contributed by atoms with van der Waals surface area (Å²) in [4.78, 5) is 10.9. The third-order valence-corrected chi connectivity index (χ3v) is 1.69. The molecule has 0 atom stereocenters. The second-order valence-electron chi connectivity index (χ2n) is 3.20. The number of halogens is 4. The van der Waals surface area contributed by atoms with Crippen molar-refractivity contribution in [3.8, 4) is 0 Å². The molecular formula is C9H14F4O2. The zero-order valence-electron chi connectivity index (χ0n) is 8.44. The molecule has 0 aromatic heterocycles. The van der Waals surface area contributed by atoms with Gasteiger partial charge in [-0.3, -0.25) is 4.79 Å². The number of ether oxygens (including phenoxy) is 1. The summed E-state index contributed by atoms with van der Waals surface area (Å²) in [5, 5.41) is 0. The molecule has 15 heavy (non-hydrogen) atoms. The maximum Gasteiger partial charge on any atom is 0.330 e. The van der Waals surface area contributed by atoms with E-state index in [4.69, 9.17) is 0 Å². The predicted molar refractivity (Wildman–Crippen MR) is 46.3 cm³/mol. The van der Waals surface area contributed by atoms with E-state index in [1.165, 1.54) is 0 Å². The molecule has 6 heteroatoms. The van der Waals surface area contributed by atoms with E-state index in [1.54, 1.807) is 0 Å². The van der Waals surface area contributed by atoms with E-state index in [9.17, 15) is 22.4 Å². The van der Waals surface area contributed by atoms with Crippen molar-refractivity contribution in [2.45, 2.75) is 38.5 Å². The highest BCUT2D eigenvalue weighted by atomic mass is 19.3. The van der Waals surface area contributed by atoms with Crippen LogP contribution in [0.2, 0.25) is 0 Å². The molecule has 0 saturated heterocycles. The number of hydrogen-bond donors (Lipinski definition) is 0. The number of carbonyl (C=O) groups is 1. The Morgan fingerprint density at radius 1 is 1.40 bits per heavy atom. The lowest BCUT2D eigenvalue weighted by molar-refractivity contribution is -0.168. The molecule has 0 spiro atoms. The van der Waals surface area contributed by atoms with E-state index in [0.29, 0.717) is 6.42 Å². The summed E-state index contributed by atoms with van der Waals surface area (Å²) in [6, 6.07) is 0. The molecule has 0 saturated carbocycles. The smallest absolute Gasteiger partial charge is 0.330 e. The van der Waals surface area contributed by atoms with E-state index in [-0.39, 0.29) is 12.2 Å². The Morgan fingerprint density at radius 3 is 2.47 bits per heavy atom. The number of rotatable bonds is 8. The largest absolute Gasteiger partial charge is 0.367 e. The highest BCUT2D eigenvalue weighted by Crippen LogP contribution is 2.22. The third kappa shape index (κ3) is 6.43. The van der Waals surface area contributed by atoms with Crippen LogP contribution in [0.25, 0.3) is 0 Å². The molecule has 0 N–H and O–H groups in total. The maximum absolute atomic E-state index is 12.3. The van der Waals surface area contributed by atoms with Crippen molar-refractivity contribution < 1.29 is 27.1 Å². The summed E-state index contributed by atoms with van der Waals surface area (Å²) in [6.45, 7) is -0.0655. The van der Waals surface area contributed by atoms with Crippen LogP contribution in [-0.4, -0.2) is 31.3 Å². The van der Waals surface area contributed by atoms with Crippen molar-refractivity contribution in [2.75, 3.05) is 13.2 Å². The van der Waals surface area contributed by atoms with Crippen LogP contribution in [-0.2, 0) is 9.53 Å². The van der Waals surface area contributed by atoms with Gasteiger partial charge in [-0.2, -0.15) is 8.78 Å².